The predicted octanol–water partition coefficient (Wildman–Crippen LogP) is 4.73. The van der Waals surface area contributed by atoms with E-state index in [1.165, 1.54) is 18.2 Å². The molecule has 2 amide bonds. The Labute approximate surface area is 232 Å². The zero-order chi connectivity index (χ0) is 28.4. The number of likely N-dealkylation sites (tertiary alicyclic amines) is 1. The van der Waals surface area contributed by atoms with Crippen LogP contribution in [0.15, 0.2) is 36.7 Å². The molecule has 2 fully saturated rings. The van der Waals surface area contributed by atoms with Gasteiger partial charge in [-0.2, -0.15) is 15.3 Å². The quantitative estimate of drug-likeness (QED) is 0.445. The maximum absolute atomic E-state index is 14.6. The zero-order valence-electron chi connectivity index (χ0n) is 23.3. The van der Waals surface area contributed by atoms with Crippen LogP contribution < -0.4 is 0 Å². The summed E-state index contributed by atoms with van der Waals surface area (Å²) in [7, 11) is 0. The van der Waals surface area contributed by atoms with Crippen LogP contribution in [-0.4, -0.2) is 67.8 Å². The number of amides is 2. The number of nitrogens with zero attached hydrogens (tertiary/aromatic N) is 6. The number of carbonyl (C=O) groups is 2. The Hall–Kier alpha value is -3.69. The van der Waals surface area contributed by atoms with Crippen molar-refractivity contribution in [2.24, 2.45) is 5.41 Å². The summed E-state index contributed by atoms with van der Waals surface area (Å²) in [4.78, 5) is 29.2. The molecule has 210 valence electrons. The number of halogens is 2. The smallest absolute Gasteiger partial charge is 0.257 e. The maximum atomic E-state index is 14.6. The Morgan fingerprint density at radius 3 is 2.58 bits per heavy atom. The number of fused-ring (bicyclic) bond motifs is 5. The summed E-state index contributed by atoms with van der Waals surface area (Å²) in [6, 6.07) is 5.64. The third-order valence-corrected chi connectivity index (χ3v) is 9.80. The van der Waals surface area contributed by atoms with Gasteiger partial charge in [-0.15, -0.1) is 0 Å². The van der Waals surface area contributed by atoms with Crippen LogP contribution >= 0.6 is 0 Å². The van der Waals surface area contributed by atoms with E-state index in [4.69, 9.17) is 0 Å². The molecule has 0 radical (unpaired) electrons. The monoisotopic (exact) mass is 548 g/mol. The number of hydrogen-bond donors (Lipinski definition) is 0. The molecule has 3 heterocycles. The highest BCUT2D eigenvalue weighted by Gasteiger charge is 2.64. The summed E-state index contributed by atoms with van der Waals surface area (Å²) in [6.07, 6.45) is 5.96. The van der Waals surface area contributed by atoms with Gasteiger partial charge in [0, 0.05) is 44.7 Å². The number of hydrogen-bond acceptors (Lipinski definition) is 5. The van der Waals surface area contributed by atoms with Gasteiger partial charge in [0.15, 0.2) is 0 Å². The minimum absolute atomic E-state index is 0.0472. The molecule has 3 atom stereocenters. The molecule has 1 saturated heterocycles. The molecule has 1 aliphatic heterocycles. The van der Waals surface area contributed by atoms with Gasteiger partial charge >= 0.3 is 0 Å². The van der Waals surface area contributed by atoms with Crippen LogP contribution in [0, 0.1) is 17.0 Å². The molecule has 3 aromatic rings. The van der Waals surface area contributed by atoms with Crippen molar-refractivity contribution in [1.29, 1.82) is 0 Å². The highest BCUT2D eigenvalue weighted by molar-refractivity contribution is 5.94. The summed E-state index contributed by atoms with van der Waals surface area (Å²) in [6.45, 7) is 10.2. The first-order chi connectivity index (χ1) is 19.1. The van der Waals surface area contributed by atoms with E-state index in [9.17, 15) is 18.4 Å². The SMILES string of the molecule is CCN(C[C@@]12CC[C@@H](c3cc(-c4c(F)cccc4F)nnc31)C2(C)C)C(=O)c1cnn(C2CCN(C(C)=O)C2)c1. The summed E-state index contributed by atoms with van der Waals surface area (Å²) in [5.74, 6) is -1.24. The highest BCUT2D eigenvalue weighted by atomic mass is 19.1. The fraction of sp³-hybridized carbons (Fsp3) is 0.500. The first kappa shape index (κ1) is 26.5. The molecule has 1 saturated carbocycles. The van der Waals surface area contributed by atoms with E-state index in [0.29, 0.717) is 31.7 Å². The van der Waals surface area contributed by atoms with Crippen molar-refractivity contribution in [2.45, 2.75) is 64.3 Å². The number of likely N-dealkylation sites (N-methyl/N-ethyl adjacent to an activating group) is 1. The number of rotatable bonds is 6. The van der Waals surface area contributed by atoms with Gasteiger partial charge in [0.1, 0.15) is 11.6 Å². The fourth-order valence-corrected chi connectivity index (χ4v) is 7.37. The Bertz CT molecular complexity index is 1480. The molecule has 8 nitrogen and oxygen atoms in total. The number of aromatic nitrogens is 4. The van der Waals surface area contributed by atoms with Crippen LogP contribution in [-0.2, 0) is 10.2 Å². The second kappa shape index (κ2) is 9.45. The molecule has 6 rings (SSSR count). The van der Waals surface area contributed by atoms with Crippen LogP contribution in [0.3, 0.4) is 0 Å². The van der Waals surface area contributed by atoms with Crippen molar-refractivity contribution in [3.05, 3.63) is 65.1 Å². The van der Waals surface area contributed by atoms with E-state index in [2.05, 4.69) is 29.1 Å². The van der Waals surface area contributed by atoms with Crippen molar-refractivity contribution in [3.63, 3.8) is 0 Å². The van der Waals surface area contributed by atoms with Gasteiger partial charge in [-0.25, -0.2) is 8.78 Å². The van der Waals surface area contributed by atoms with E-state index >= 15 is 0 Å². The molecule has 3 aliphatic rings. The largest absolute Gasteiger partial charge is 0.341 e. The normalized spacial score (nSPS) is 24.4. The third-order valence-electron chi connectivity index (χ3n) is 9.80. The molecule has 2 aliphatic carbocycles. The van der Waals surface area contributed by atoms with Crippen molar-refractivity contribution < 1.29 is 18.4 Å². The Balaban J connectivity index is 1.29. The summed E-state index contributed by atoms with van der Waals surface area (Å²) >= 11 is 0. The molecule has 2 aromatic heterocycles. The van der Waals surface area contributed by atoms with E-state index in [-0.39, 0.29) is 40.4 Å². The van der Waals surface area contributed by atoms with Crippen LogP contribution in [0.1, 0.15) is 80.5 Å². The van der Waals surface area contributed by atoms with Gasteiger partial charge in [0.2, 0.25) is 5.91 Å². The second-order valence-electron chi connectivity index (χ2n) is 12.0. The average Bonchev–Trinajstić information content (AvgIpc) is 3.68. The van der Waals surface area contributed by atoms with Crippen LogP contribution in [0.2, 0.25) is 0 Å². The van der Waals surface area contributed by atoms with Crippen molar-refractivity contribution in [3.8, 4) is 11.3 Å². The highest BCUT2D eigenvalue weighted by Crippen LogP contribution is 2.67. The van der Waals surface area contributed by atoms with Crippen molar-refractivity contribution in [2.75, 3.05) is 26.2 Å². The number of carbonyl (C=O) groups excluding carboxylic acids is 2. The molecule has 0 spiro atoms. The molecule has 1 unspecified atom stereocenters. The van der Waals surface area contributed by atoms with Gasteiger partial charge in [0.05, 0.1) is 34.8 Å². The summed E-state index contributed by atoms with van der Waals surface area (Å²) in [5.41, 5.74) is 1.68. The molecule has 1 aromatic carbocycles. The lowest BCUT2D eigenvalue weighted by atomic mass is 9.68. The minimum atomic E-state index is -0.665. The van der Waals surface area contributed by atoms with E-state index in [0.717, 1.165) is 30.5 Å². The fourth-order valence-electron chi connectivity index (χ4n) is 7.37. The summed E-state index contributed by atoms with van der Waals surface area (Å²) < 4.78 is 30.9. The van der Waals surface area contributed by atoms with Crippen molar-refractivity contribution in [1.82, 2.24) is 29.8 Å². The van der Waals surface area contributed by atoms with Crippen LogP contribution in [0.4, 0.5) is 8.78 Å². The van der Waals surface area contributed by atoms with Gasteiger partial charge in [-0.05, 0) is 61.3 Å². The molecular weight excluding hydrogens is 514 g/mol. The molecule has 40 heavy (non-hydrogen) atoms. The molecular formula is C30H34F2N6O2. The Morgan fingerprint density at radius 1 is 1.15 bits per heavy atom. The molecule has 10 heteroatoms. The lowest BCUT2D eigenvalue weighted by molar-refractivity contribution is -0.127. The van der Waals surface area contributed by atoms with Crippen LogP contribution in [0.25, 0.3) is 11.3 Å². The second-order valence-corrected chi connectivity index (χ2v) is 12.0. The van der Waals surface area contributed by atoms with E-state index < -0.39 is 17.0 Å². The Kier molecular flexibility index (Phi) is 6.27. The zero-order valence-corrected chi connectivity index (χ0v) is 23.3. The topological polar surface area (TPSA) is 84.2 Å². The molecule has 0 N–H and O–H groups in total. The maximum Gasteiger partial charge on any atom is 0.257 e. The number of benzene rings is 1. The third kappa shape index (κ3) is 3.86. The molecule has 2 bridgehead atoms. The van der Waals surface area contributed by atoms with E-state index in [1.807, 2.05) is 11.8 Å². The standard InChI is InChI=1S/C30H34F2N6O2/c1-5-36(28(40)19-14-33-38(15-19)20-10-12-37(16-20)18(2)39)17-30-11-9-22(29(30,3)4)21-13-25(34-35-27(21)30)26-23(31)7-6-8-24(26)32/h6-8,13-15,20,22H,5,9-12,16-17H2,1-4H3/t20?,22-,30-/m0/s1. The first-order valence-corrected chi connectivity index (χ1v) is 14.0. The predicted molar refractivity (Wildman–Crippen MR) is 145 cm³/mol. The van der Waals surface area contributed by atoms with Gasteiger partial charge in [-0.1, -0.05) is 19.9 Å². The summed E-state index contributed by atoms with van der Waals surface area (Å²) in [5, 5.41) is 13.4. The van der Waals surface area contributed by atoms with Gasteiger partial charge in [0.25, 0.3) is 5.91 Å². The minimum Gasteiger partial charge on any atom is -0.341 e. The Morgan fingerprint density at radius 2 is 1.90 bits per heavy atom. The van der Waals surface area contributed by atoms with Gasteiger partial charge in [-0.3, -0.25) is 14.3 Å². The van der Waals surface area contributed by atoms with E-state index in [1.54, 1.807) is 35.0 Å². The first-order valence-electron chi connectivity index (χ1n) is 14.0. The average molecular weight is 549 g/mol. The van der Waals surface area contributed by atoms with Crippen molar-refractivity contribution >= 4 is 11.8 Å². The van der Waals surface area contributed by atoms with Crippen LogP contribution in [0.5, 0.6) is 0 Å². The lowest BCUT2D eigenvalue weighted by Crippen LogP contribution is -2.48. The van der Waals surface area contributed by atoms with Gasteiger partial charge < -0.3 is 9.80 Å². The lowest BCUT2D eigenvalue weighted by Gasteiger charge is -2.41.